The molecule has 0 unspecified atom stereocenters. The summed E-state index contributed by atoms with van der Waals surface area (Å²) in [5.41, 5.74) is 2.05. The molecule has 0 aliphatic heterocycles. The zero-order valence-electron chi connectivity index (χ0n) is 8.45. The first-order valence-corrected chi connectivity index (χ1v) is 5.33. The molecule has 5 heteroatoms. The largest absolute Gasteiger partial charge is 0.298 e. The van der Waals surface area contributed by atoms with E-state index in [4.69, 9.17) is 23.2 Å². The van der Waals surface area contributed by atoms with E-state index in [0.717, 1.165) is 17.7 Å². The summed E-state index contributed by atoms with van der Waals surface area (Å²) in [5.74, 6) is 0. The highest BCUT2D eigenvalue weighted by Gasteiger charge is 2.08. The van der Waals surface area contributed by atoms with Gasteiger partial charge in [-0.25, -0.2) is 4.68 Å². The first-order valence-electron chi connectivity index (χ1n) is 4.58. The summed E-state index contributed by atoms with van der Waals surface area (Å²) < 4.78 is 1.63. The third-order valence-corrected chi connectivity index (χ3v) is 2.70. The van der Waals surface area contributed by atoms with Crippen LogP contribution >= 0.6 is 23.2 Å². The van der Waals surface area contributed by atoms with E-state index in [-0.39, 0.29) is 0 Å². The summed E-state index contributed by atoms with van der Waals surface area (Å²) in [5, 5.41) is 5.17. The minimum Gasteiger partial charge on any atom is -0.298 e. The first kappa shape index (κ1) is 11.2. The van der Waals surface area contributed by atoms with Gasteiger partial charge in [0.2, 0.25) is 0 Å². The summed E-state index contributed by atoms with van der Waals surface area (Å²) in [6.07, 6.45) is 2.28. The number of hydrogen-bond acceptors (Lipinski definition) is 2. The van der Waals surface area contributed by atoms with Crippen LogP contribution in [-0.4, -0.2) is 16.1 Å². The van der Waals surface area contributed by atoms with Crippen molar-refractivity contribution in [2.45, 2.75) is 6.92 Å². The van der Waals surface area contributed by atoms with Crippen LogP contribution in [0, 0.1) is 6.92 Å². The Hall–Kier alpha value is -1.32. The SMILES string of the molecule is Cc1c(C=O)cnn1-c1cc(Cl)cc(Cl)c1. The summed E-state index contributed by atoms with van der Waals surface area (Å²) in [4.78, 5) is 10.7. The third-order valence-electron chi connectivity index (χ3n) is 2.27. The number of nitrogens with zero attached hydrogens (tertiary/aromatic N) is 2. The average Bonchev–Trinajstić information content (AvgIpc) is 2.58. The Bertz CT molecular complexity index is 529. The maximum absolute atomic E-state index is 10.7. The van der Waals surface area contributed by atoms with Gasteiger partial charge in [-0.2, -0.15) is 5.10 Å². The van der Waals surface area contributed by atoms with Crippen molar-refractivity contribution in [1.29, 1.82) is 0 Å². The van der Waals surface area contributed by atoms with Crippen molar-refractivity contribution in [2.75, 3.05) is 0 Å². The maximum atomic E-state index is 10.7. The number of carbonyl (C=O) groups excluding carboxylic acids is 1. The second kappa shape index (κ2) is 4.28. The average molecular weight is 255 g/mol. The van der Waals surface area contributed by atoms with Gasteiger partial charge in [-0.1, -0.05) is 23.2 Å². The molecule has 0 saturated heterocycles. The van der Waals surface area contributed by atoms with E-state index < -0.39 is 0 Å². The molecule has 0 atom stereocenters. The quantitative estimate of drug-likeness (QED) is 0.771. The lowest BCUT2D eigenvalue weighted by atomic mass is 10.2. The molecule has 0 fully saturated rings. The second-order valence-corrected chi connectivity index (χ2v) is 4.22. The topological polar surface area (TPSA) is 34.9 Å². The molecule has 0 amide bonds. The van der Waals surface area contributed by atoms with E-state index in [1.54, 1.807) is 22.9 Å². The van der Waals surface area contributed by atoms with Gasteiger partial charge in [0, 0.05) is 10.0 Å². The van der Waals surface area contributed by atoms with Gasteiger partial charge >= 0.3 is 0 Å². The van der Waals surface area contributed by atoms with Crippen LogP contribution in [0.25, 0.3) is 5.69 Å². The lowest BCUT2D eigenvalue weighted by molar-refractivity contribution is 0.112. The van der Waals surface area contributed by atoms with Gasteiger partial charge in [-0.05, 0) is 25.1 Å². The van der Waals surface area contributed by atoms with E-state index in [1.807, 2.05) is 6.92 Å². The minimum atomic E-state index is 0.532. The highest BCUT2D eigenvalue weighted by molar-refractivity contribution is 6.34. The van der Waals surface area contributed by atoms with Gasteiger partial charge in [0.05, 0.1) is 23.1 Å². The van der Waals surface area contributed by atoms with Crippen molar-refractivity contribution in [3.05, 3.63) is 45.7 Å². The number of rotatable bonds is 2. The highest BCUT2D eigenvalue weighted by Crippen LogP contribution is 2.22. The monoisotopic (exact) mass is 254 g/mol. The standard InChI is InChI=1S/C11H8Cl2N2O/c1-7-8(6-16)5-14-15(7)11-3-9(12)2-10(13)4-11/h2-6H,1H3. The number of benzene rings is 1. The predicted molar refractivity (Wildman–Crippen MR) is 63.7 cm³/mol. The fraction of sp³-hybridized carbons (Fsp3) is 0.0909. The molecule has 0 aliphatic carbocycles. The Morgan fingerprint density at radius 3 is 2.38 bits per heavy atom. The van der Waals surface area contributed by atoms with Crippen LogP contribution < -0.4 is 0 Å². The normalized spacial score (nSPS) is 10.4. The molecule has 82 valence electrons. The molecule has 0 aliphatic rings. The van der Waals surface area contributed by atoms with Crippen LogP contribution in [0.2, 0.25) is 10.0 Å². The molecular formula is C11H8Cl2N2O. The minimum absolute atomic E-state index is 0.532. The van der Waals surface area contributed by atoms with Crippen LogP contribution in [0.5, 0.6) is 0 Å². The van der Waals surface area contributed by atoms with Crippen LogP contribution in [0.1, 0.15) is 16.1 Å². The Morgan fingerprint density at radius 1 is 1.25 bits per heavy atom. The van der Waals surface area contributed by atoms with Gasteiger partial charge in [0.1, 0.15) is 0 Å². The van der Waals surface area contributed by atoms with Gasteiger partial charge in [-0.15, -0.1) is 0 Å². The zero-order chi connectivity index (χ0) is 11.7. The Balaban J connectivity index is 2.58. The van der Waals surface area contributed by atoms with Gasteiger partial charge in [-0.3, -0.25) is 4.79 Å². The van der Waals surface area contributed by atoms with Crippen molar-refractivity contribution >= 4 is 29.5 Å². The fourth-order valence-electron chi connectivity index (χ4n) is 1.46. The molecule has 1 aromatic carbocycles. The summed E-state index contributed by atoms with van der Waals surface area (Å²) in [6.45, 7) is 1.81. The molecule has 1 aromatic heterocycles. The summed E-state index contributed by atoms with van der Waals surface area (Å²) in [6, 6.07) is 5.12. The summed E-state index contributed by atoms with van der Waals surface area (Å²) >= 11 is 11.8. The number of aldehydes is 1. The van der Waals surface area contributed by atoms with Crippen molar-refractivity contribution in [2.24, 2.45) is 0 Å². The van der Waals surface area contributed by atoms with Crippen LogP contribution in [-0.2, 0) is 0 Å². The molecule has 2 aromatic rings. The molecule has 0 radical (unpaired) electrons. The fourth-order valence-corrected chi connectivity index (χ4v) is 1.97. The molecule has 0 bridgehead atoms. The molecule has 0 N–H and O–H groups in total. The smallest absolute Gasteiger partial charge is 0.153 e. The van der Waals surface area contributed by atoms with Crippen molar-refractivity contribution in [1.82, 2.24) is 9.78 Å². The molecule has 2 rings (SSSR count). The van der Waals surface area contributed by atoms with Crippen molar-refractivity contribution < 1.29 is 4.79 Å². The maximum Gasteiger partial charge on any atom is 0.153 e. The Kier molecular flexibility index (Phi) is 2.99. The Labute approximate surface area is 103 Å². The lowest BCUT2D eigenvalue weighted by Gasteiger charge is -2.05. The van der Waals surface area contributed by atoms with E-state index in [9.17, 15) is 4.79 Å². The van der Waals surface area contributed by atoms with E-state index in [2.05, 4.69) is 5.10 Å². The van der Waals surface area contributed by atoms with Crippen molar-refractivity contribution in [3.8, 4) is 5.69 Å². The molecule has 0 saturated carbocycles. The second-order valence-electron chi connectivity index (χ2n) is 3.34. The van der Waals surface area contributed by atoms with Gasteiger partial charge in [0.15, 0.2) is 6.29 Å². The van der Waals surface area contributed by atoms with Crippen LogP contribution in [0.4, 0.5) is 0 Å². The number of aromatic nitrogens is 2. The number of halogens is 2. The van der Waals surface area contributed by atoms with Gasteiger partial charge < -0.3 is 0 Å². The molecule has 16 heavy (non-hydrogen) atoms. The van der Waals surface area contributed by atoms with E-state index >= 15 is 0 Å². The summed E-state index contributed by atoms with van der Waals surface area (Å²) in [7, 11) is 0. The molecule has 1 heterocycles. The molecular weight excluding hydrogens is 247 g/mol. The lowest BCUT2D eigenvalue weighted by Crippen LogP contribution is -1.99. The third kappa shape index (κ3) is 1.96. The number of carbonyl (C=O) groups is 1. The first-order chi connectivity index (χ1) is 7.61. The number of hydrogen-bond donors (Lipinski definition) is 0. The van der Waals surface area contributed by atoms with Crippen LogP contribution in [0.15, 0.2) is 24.4 Å². The zero-order valence-corrected chi connectivity index (χ0v) is 9.96. The Morgan fingerprint density at radius 2 is 1.88 bits per heavy atom. The predicted octanol–water partition coefficient (Wildman–Crippen LogP) is 3.30. The molecule has 0 spiro atoms. The highest BCUT2D eigenvalue weighted by atomic mass is 35.5. The van der Waals surface area contributed by atoms with Gasteiger partial charge in [0.25, 0.3) is 0 Å². The van der Waals surface area contributed by atoms with Crippen molar-refractivity contribution in [3.63, 3.8) is 0 Å². The van der Waals surface area contributed by atoms with E-state index in [1.165, 1.54) is 6.20 Å². The van der Waals surface area contributed by atoms with E-state index in [0.29, 0.717) is 15.6 Å². The molecule has 3 nitrogen and oxygen atoms in total. The van der Waals surface area contributed by atoms with Crippen LogP contribution in [0.3, 0.4) is 0 Å².